The minimum Gasteiger partial charge on any atom is -0.387 e. The maximum atomic E-state index is 12.2. The molecule has 0 aromatic rings. The third-order valence-electron chi connectivity index (χ3n) is 9.21. The summed E-state index contributed by atoms with van der Waals surface area (Å²) in [6.45, 7) is 7.20. The minimum absolute atomic E-state index is 0.00361. The van der Waals surface area contributed by atoms with Gasteiger partial charge in [-0.3, -0.25) is 4.79 Å². The molecule has 140 valence electrons. The molecular weight excluding hydrogens is 334 g/mol. The molecule has 7 rings (SSSR count). The predicted molar refractivity (Wildman–Crippen MR) is 89.1 cm³/mol. The van der Waals surface area contributed by atoms with Crippen LogP contribution in [-0.2, 0) is 19.0 Å². The fraction of sp³-hybridized carbons (Fsp3) is 0.850. The first kappa shape index (κ1) is 15.0. The summed E-state index contributed by atoms with van der Waals surface area (Å²) in [6.07, 6.45) is 1.93. The second kappa shape index (κ2) is 3.79. The topological polar surface area (TPSA) is 86.9 Å². The maximum Gasteiger partial charge on any atom is 0.247 e. The van der Waals surface area contributed by atoms with Crippen molar-refractivity contribution in [3.8, 4) is 0 Å². The summed E-state index contributed by atoms with van der Waals surface area (Å²) in [5.74, 6) is 0.620. The molecule has 3 aliphatic carbocycles. The van der Waals surface area contributed by atoms with E-state index in [2.05, 4.69) is 26.1 Å². The largest absolute Gasteiger partial charge is 0.387 e. The molecule has 6 unspecified atom stereocenters. The van der Waals surface area contributed by atoms with Gasteiger partial charge in [0.25, 0.3) is 0 Å². The molecule has 0 aromatic heterocycles. The zero-order valence-electron chi connectivity index (χ0n) is 15.4. The fourth-order valence-corrected chi connectivity index (χ4v) is 7.82. The Bertz CT molecular complexity index is 823. The van der Waals surface area contributed by atoms with Crippen LogP contribution in [0.2, 0.25) is 0 Å². The second-order valence-corrected chi connectivity index (χ2v) is 10.0. The third kappa shape index (κ3) is 1.14. The highest BCUT2D eigenvalue weighted by Crippen LogP contribution is 2.82. The van der Waals surface area contributed by atoms with Gasteiger partial charge in [-0.25, -0.2) is 0 Å². The number of amides is 1. The van der Waals surface area contributed by atoms with Crippen LogP contribution in [-0.4, -0.2) is 58.8 Å². The Morgan fingerprint density at radius 2 is 2.04 bits per heavy atom. The third-order valence-corrected chi connectivity index (χ3v) is 9.21. The highest BCUT2D eigenvalue weighted by atomic mass is 16.7. The summed E-state index contributed by atoms with van der Waals surface area (Å²) >= 11 is 0. The quantitative estimate of drug-likeness (QED) is 0.672. The number of carbonyl (C=O) groups excluding carboxylic acids is 1. The minimum atomic E-state index is -0.639. The van der Waals surface area contributed by atoms with Gasteiger partial charge < -0.3 is 24.6 Å². The molecule has 0 aromatic carbocycles. The predicted octanol–water partition coefficient (Wildman–Crippen LogP) is 0.676. The van der Waals surface area contributed by atoms with E-state index in [-0.39, 0.29) is 41.5 Å². The van der Waals surface area contributed by atoms with E-state index in [1.165, 1.54) is 5.57 Å². The summed E-state index contributed by atoms with van der Waals surface area (Å²) < 4.78 is 19.0. The molecule has 6 heteroatoms. The number of hydrogen-bond acceptors (Lipinski definition) is 5. The molecule has 2 N–H and O–H groups in total. The Morgan fingerprint density at radius 1 is 1.23 bits per heavy atom. The van der Waals surface area contributed by atoms with Crippen molar-refractivity contribution in [1.29, 1.82) is 0 Å². The summed E-state index contributed by atoms with van der Waals surface area (Å²) in [4.78, 5) is 12.2. The molecule has 6 nitrogen and oxygen atoms in total. The van der Waals surface area contributed by atoms with Gasteiger partial charge in [-0.15, -0.1) is 0 Å². The van der Waals surface area contributed by atoms with Crippen LogP contribution >= 0.6 is 0 Å². The summed E-state index contributed by atoms with van der Waals surface area (Å²) in [5, 5.41) is 14.5. The Morgan fingerprint density at radius 3 is 2.81 bits per heavy atom. The van der Waals surface area contributed by atoms with Gasteiger partial charge in [-0.05, 0) is 36.7 Å². The molecule has 0 bridgehead atoms. The van der Waals surface area contributed by atoms with E-state index < -0.39 is 22.9 Å². The molecule has 4 heterocycles. The van der Waals surface area contributed by atoms with Crippen molar-refractivity contribution >= 4 is 5.91 Å². The Labute approximate surface area is 152 Å². The average Bonchev–Trinajstić information content (AvgIpc) is 3.47. The van der Waals surface area contributed by atoms with Gasteiger partial charge in [0.1, 0.15) is 29.5 Å². The van der Waals surface area contributed by atoms with E-state index in [0.717, 1.165) is 24.8 Å². The number of fused-ring (bicyclic) bond motifs is 4. The van der Waals surface area contributed by atoms with Crippen LogP contribution in [0.3, 0.4) is 0 Å². The molecule has 1 amide bonds. The lowest BCUT2D eigenvalue weighted by molar-refractivity contribution is -0.117. The SMILES string of the molecule is CC(C)[C@]12O[C@H]1C1OC13C1(OC1C[C@H]1C4=C(CCC13C)C(=O)NC4)C2O. The second-order valence-electron chi connectivity index (χ2n) is 10.0. The number of carbonyl (C=O) groups is 1. The van der Waals surface area contributed by atoms with Crippen LogP contribution in [0.5, 0.6) is 0 Å². The molecule has 26 heavy (non-hydrogen) atoms. The molecule has 7 aliphatic rings. The first-order chi connectivity index (χ1) is 12.3. The van der Waals surface area contributed by atoms with Gasteiger partial charge >= 0.3 is 0 Å². The van der Waals surface area contributed by atoms with Crippen LogP contribution in [0, 0.1) is 17.3 Å². The maximum absolute atomic E-state index is 12.2. The summed E-state index contributed by atoms with van der Waals surface area (Å²) in [7, 11) is 0. The van der Waals surface area contributed by atoms with Crippen molar-refractivity contribution in [3.63, 3.8) is 0 Å². The number of rotatable bonds is 1. The monoisotopic (exact) mass is 359 g/mol. The van der Waals surface area contributed by atoms with Crippen LogP contribution in [0.1, 0.15) is 40.0 Å². The van der Waals surface area contributed by atoms with Crippen molar-refractivity contribution in [3.05, 3.63) is 11.1 Å². The first-order valence-electron chi connectivity index (χ1n) is 10.1. The van der Waals surface area contributed by atoms with Crippen LogP contribution in [0.25, 0.3) is 0 Å². The van der Waals surface area contributed by atoms with Gasteiger partial charge in [0.15, 0.2) is 5.60 Å². The van der Waals surface area contributed by atoms with E-state index in [1.54, 1.807) is 0 Å². The van der Waals surface area contributed by atoms with E-state index in [1.807, 2.05) is 0 Å². The highest BCUT2D eigenvalue weighted by molar-refractivity contribution is 5.97. The number of ether oxygens (including phenoxy) is 3. The smallest absolute Gasteiger partial charge is 0.247 e. The van der Waals surface area contributed by atoms with Crippen molar-refractivity contribution < 1.29 is 24.1 Å². The van der Waals surface area contributed by atoms with Gasteiger partial charge in [-0.2, -0.15) is 0 Å². The average molecular weight is 359 g/mol. The first-order valence-corrected chi connectivity index (χ1v) is 10.1. The van der Waals surface area contributed by atoms with Gasteiger partial charge in [0.2, 0.25) is 5.91 Å². The molecule has 4 aliphatic heterocycles. The van der Waals surface area contributed by atoms with Crippen molar-refractivity contribution in [2.45, 2.75) is 81.3 Å². The van der Waals surface area contributed by atoms with E-state index >= 15 is 0 Å². The van der Waals surface area contributed by atoms with Crippen molar-refractivity contribution in [1.82, 2.24) is 5.32 Å². The molecule has 2 saturated carbocycles. The zero-order valence-corrected chi connectivity index (χ0v) is 15.4. The lowest BCUT2D eigenvalue weighted by Gasteiger charge is -2.53. The molecule has 3 saturated heterocycles. The fourth-order valence-electron chi connectivity index (χ4n) is 7.82. The number of aliphatic hydroxyl groups is 1. The van der Waals surface area contributed by atoms with Crippen LogP contribution < -0.4 is 5.32 Å². The molecule has 9 atom stereocenters. The Kier molecular flexibility index (Phi) is 2.19. The zero-order chi connectivity index (χ0) is 17.9. The van der Waals surface area contributed by atoms with Gasteiger partial charge in [0, 0.05) is 17.5 Å². The molecule has 2 spiro atoms. The van der Waals surface area contributed by atoms with E-state index in [0.29, 0.717) is 6.54 Å². The Hall–Kier alpha value is -0.950. The van der Waals surface area contributed by atoms with Crippen LogP contribution in [0.15, 0.2) is 11.1 Å². The molecule has 5 fully saturated rings. The van der Waals surface area contributed by atoms with Gasteiger partial charge in [0.05, 0.1) is 6.10 Å². The standard InChI is InChI=1S/C20H25NO5/c1-8(2)18-13(25-18)14-20(26-14)17(3)5-4-9-10(7-21-15(9)22)11(17)6-12-19(20,24-12)16(18)23/h8,11-14,16,23H,4-7H2,1-3H3,(H,21,22)/t11-,12?,13-,14?,16?,17?,18-,19?,20?/m0/s1. The van der Waals surface area contributed by atoms with E-state index in [4.69, 9.17) is 14.2 Å². The molecular formula is C20H25NO5. The normalized spacial score (nSPS) is 63.1. The van der Waals surface area contributed by atoms with E-state index in [9.17, 15) is 9.90 Å². The summed E-state index contributed by atoms with van der Waals surface area (Å²) in [5.41, 5.74) is 0.553. The Balaban J connectivity index is 1.39. The van der Waals surface area contributed by atoms with Crippen LogP contribution in [0.4, 0.5) is 0 Å². The van der Waals surface area contributed by atoms with Crippen molar-refractivity contribution in [2.75, 3.05) is 6.54 Å². The number of epoxide rings is 3. The lowest BCUT2D eigenvalue weighted by atomic mass is 9.46. The lowest BCUT2D eigenvalue weighted by Crippen LogP contribution is -2.69. The van der Waals surface area contributed by atoms with Crippen molar-refractivity contribution in [2.24, 2.45) is 17.3 Å². The number of nitrogens with one attached hydrogen (secondary N) is 1. The summed E-state index contributed by atoms with van der Waals surface area (Å²) in [6, 6.07) is 0. The van der Waals surface area contributed by atoms with Gasteiger partial charge in [-0.1, -0.05) is 20.8 Å². The number of aliphatic hydroxyl groups excluding tert-OH is 1. The molecule has 0 radical (unpaired) electrons. The highest BCUT2D eigenvalue weighted by Gasteiger charge is 3.00. The number of hydrogen-bond donors (Lipinski definition) is 2.